The number of aromatic nitrogens is 2. The first-order valence-corrected chi connectivity index (χ1v) is 14.4. The molecule has 43 heavy (non-hydrogen) atoms. The summed E-state index contributed by atoms with van der Waals surface area (Å²) in [7, 11) is 1.50. The lowest BCUT2D eigenvalue weighted by Crippen LogP contribution is -2.36. The van der Waals surface area contributed by atoms with Crippen LogP contribution in [0.4, 0.5) is 0 Å². The number of imidazole rings is 1. The fraction of sp³-hybridized carbons (Fsp3) is 0.273. The van der Waals surface area contributed by atoms with Crippen LogP contribution in [0.25, 0.3) is 22.4 Å². The van der Waals surface area contributed by atoms with E-state index in [-0.39, 0.29) is 29.9 Å². The Kier molecular flexibility index (Phi) is 9.36. The van der Waals surface area contributed by atoms with Crippen LogP contribution in [0.15, 0.2) is 73.1 Å². The van der Waals surface area contributed by atoms with E-state index in [0.29, 0.717) is 79.3 Å². The molecule has 10 heteroatoms. The second-order valence-electron chi connectivity index (χ2n) is 10.4. The van der Waals surface area contributed by atoms with Crippen LogP contribution in [-0.4, -0.2) is 71.0 Å². The topological polar surface area (TPSA) is 137 Å². The summed E-state index contributed by atoms with van der Waals surface area (Å²) >= 11 is 0. The second kappa shape index (κ2) is 13.7. The zero-order valence-electron chi connectivity index (χ0n) is 24.1. The Hall–Kier alpha value is -5.12. The lowest BCUT2D eigenvalue weighted by molar-refractivity contribution is -0.121. The number of H-pyrrole nitrogens is 1. The summed E-state index contributed by atoms with van der Waals surface area (Å²) in [5.74, 6) is -0.132. The van der Waals surface area contributed by atoms with Gasteiger partial charge in [-0.05, 0) is 54.7 Å². The van der Waals surface area contributed by atoms with Crippen molar-refractivity contribution in [2.24, 2.45) is 0 Å². The Morgan fingerprint density at radius 2 is 1.70 bits per heavy atom. The third-order valence-electron chi connectivity index (χ3n) is 7.46. The number of nitrogens with one attached hydrogen (secondary N) is 3. The van der Waals surface area contributed by atoms with E-state index >= 15 is 0 Å². The lowest BCUT2D eigenvalue weighted by Gasteiger charge is -2.23. The third kappa shape index (κ3) is 7.03. The van der Waals surface area contributed by atoms with Crippen molar-refractivity contribution >= 4 is 17.7 Å². The summed E-state index contributed by atoms with van der Waals surface area (Å²) < 4.78 is 5.45. The number of fused-ring (bicyclic) bond motifs is 5. The molecule has 1 aliphatic heterocycles. The van der Waals surface area contributed by atoms with E-state index in [1.54, 1.807) is 29.2 Å². The zero-order valence-corrected chi connectivity index (χ0v) is 24.1. The number of ether oxygens (including phenoxy) is 1. The fourth-order valence-electron chi connectivity index (χ4n) is 5.20. The molecule has 4 bridgehead atoms. The molecule has 0 saturated heterocycles. The summed E-state index contributed by atoms with van der Waals surface area (Å²) in [4.78, 5) is 48.7. The summed E-state index contributed by atoms with van der Waals surface area (Å²) in [6.07, 6.45) is 3.30. The van der Waals surface area contributed by atoms with E-state index in [1.807, 2.05) is 42.5 Å². The van der Waals surface area contributed by atoms with E-state index in [9.17, 15) is 19.5 Å². The molecule has 3 aromatic carbocycles. The quantitative estimate of drug-likeness (QED) is 0.287. The first kappa shape index (κ1) is 29.4. The monoisotopic (exact) mass is 581 g/mol. The number of phenolic OH excluding ortho intramolecular Hbond substituents is 1. The first-order chi connectivity index (χ1) is 20.9. The van der Waals surface area contributed by atoms with E-state index in [2.05, 4.69) is 20.6 Å². The molecule has 10 nitrogen and oxygen atoms in total. The Morgan fingerprint density at radius 3 is 2.51 bits per heavy atom. The number of nitrogens with zero attached hydrogens (tertiary/aromatic N) is 2. The van der Waals surface area contributed by atoms with Crippen LogP contribution in [0.2, 0.25) is 0 Å². The van der Waals surface area contributed by atoms with Crippen molar-refractivity contribution in [3.63, 3.8) is 0 Å². The minimum atomic E-state index is -0.320. The predicted molar refractivity (Wildman–Crippen MR) is 163 cm³/mol. The average molecular weight is 582 g/mol. The number of hydrogen-bond acceptors (Lipinski definition) is 6. The largest absolute Gasteiger partial charge is 0.507 e. The number of aromatic hydroxyl groups is 1. The molecule has 0 radical (unpaired) electrons. The number of carbonyl (C=O) groups is 3. The third-order valence-corrected chi connectivity index (χ3v) is 7.46. The van der Waals surface area contributed by atoms with Crippen molar-refractivity contribution in [3.05, 3.63) is 89.9 Å². The van der Waals surface area contributed by atoms with Crippen molar-refractivity contribution < 1.29 is 24.2 Å². The molecular weight excluding hydrogens is 546 g/mol. The highest BCUT2D eigenvalue weighted by molar-refractivity contribution is 5.99. The number of aromatic amines is 1. The van der Waals surface area contributed by atoms with Crippen molar-refractivity contribution in [1.82, 2.24) is 25.5 Å². The van der Waals surface area contributed by atoms with Crippen molar-refractivity contribution in [3.8, 4) is 33.9 Å². The van der Waals surface area contributed by atoms with Gasteiger partial charge in [0.05, 0.1) is 19.0 Å². The molecule has 0 atom stereocenters. The van der Waals surface area contributed by atoms with Gasteiger partial charge in [0.15, 0.2) is 0 Å². The van der Waals surface area contributed by atoms with Crippen LogP contribution in [0, 0.1) is 0 Å². The van der Waals surface area contributed by atoms with Crippen molar-refractivity contribution in [1.29, 1.82) is 0 Å². The van der Waals surface area contributed by atoms with Crippen LogP contribution in [-0.2, 0) is 11.2 Å². The van der Waals surface area contributed by atoms with Crippen molar-refractivity contribution in [2.75, 3.05) is 33.3 Å². The van der Waals surface area contributed by atoms with Gasteiger partial charge in [0.1, 0.15) is 22.9 Å². The normalized spacial score (nSPS) is 15.0. The molecule has 222 valence electrons. The van der Waals surface area contributed by atoms with Gasteiger partial charge in [0.2, 0.25) is 5.91 Å². The minimum Gasteiger partial charge on any atom is -0.507 e. The average Bonchev–Trinajstić information content (AvgIpc) is 3.52. The summed E-state index contributed by atoms with van der Waals surface area (Å²) in [5, 5.41) is 16.5. The summed E-state index contributed by atoms with van der Waals surface area (Å²) in [6.45, 7) is 1.47. The molecule has 0 aliphatic carbocycles. The van der Waals surface area contributed by atoms with Gasteiger partial charge in [0, 0.05) is 43.7 Å². The fourth-order valence-corrected chi connectivity index (χ4v) is 5.20. The highest BCUT2D eigenvalue weighted by Gasteiger charge is 2.22. The molecule has 5 rings (SSSR count). The molecule has 4 aromatic rings. The first-order valence-electron chi connectivity index (χ1n) is 14.4. The summed E-state index contributed by atoms with van der Waals surface area (Å²) in [5.41, 5.74) is 4.29. The molecule has 3 amide bonds. The SMILES string of the molecule is COc1ccc2cc1C(=O)NCCCN(C(=O)c1[nH]cnc1-c1ccccc1)CCCC(=O)NCCc1ccc(O)c-2c1. The maximum absolute atomic E-state index is 13.7. The van der Waals surface area contributed by atoms with Crippen LogP contribution in [0.1, 0.15) is 45.7 Å². The predicted octanol–water partition coefficient (Wildman–Crippen LogP) is 4.17. The Labute approximate surface area is 250 Å². The van der Waals surface area contributed by atoms with Crippen LogP contribution >= 0.6 is 0 Å². The van der Waals surface area contributed by atoms with Gasteiger partial charge in [-0.25, -0.2) is 4.98 Å². The zero-order chi connectivity index (χ0) is 30.2. The molecule has 1 aromatic heterocycles. The molecule has 0 fully saturated rings. The van der Waals surface area contributed by atoms with Gasteiger partial charge in [0.25, 0.3) is 11.8 Å². The van der Waals surface area contributed by atoms with Gasteiger partial charge in [-0.2, -0.15) is 0 Å². The van der Waals surface area contributed by atoms with E-state index in [1.165, 1.54) is 13.4 Å². The molecule has 1 aliphatic rings. The molecular formula is C33H35N5O5. The molecule has 0 saturated carbocycles. The van der Waals surface area contributed by atoms with E-state index in [0.717, 1.165) is 11.1 Å². The summed E-state index contributed by atoms with van der Waals surface area (Å²) in [6, 6.07) is 20.0. The van der Waals surface area contributed by atoms with Gasteiger partial charge in [-0.3, -0.25) is 14.4 Å². The smallest absolute Gasteiger partial charge is 0.272 e. The number of phenols is 1. The van der Waals surface area contributed by atoms with Crippen molar-refractivity contribution in [2.45, 2.75) is 25.7 Å². The van der Waals surface area contributed by atoms with Crippen LogP contribution < -0.4 is 15.4 Å². The maximum Gasteiger partial charge on any atom is 0.272 e. The van der Waals surface area contributed by atoms with E-state index < -0.39 is 0 Å². The Morgan fingerprint density at radius 1 is 0.884 bits per heavy atom. The number of methoxy groups -OCH3 is 1. The number of hydrogen-bond donors (Lipinski definition) is 4. The molecule has 4 N–H and O–H groups in total. The highest BCUT2D eigenvalue weighted by atomic mass is 16.5. The van der Waals surface area contributed by atoms with Crippen LogP contribution in [0.3, 0.4) is 0 Å². The second-order valence-corrected chi connectivity index (χ2v) is 10.4. The van der Waals surface area contributed by atoms with Gasteiger partial charge in [-0.1, -0.05) is 42.5 Å². The standard InChI is InChI=1S/C33H35N5O5/c1-43-28-13-11-24-20-26(28)32(41)35-15-6-18-38(33(42)31-30(36-21-37-31)23-7-3-2-4-8-23)17-5-9-29(40)34-16-14-22-10-12-27(39)25(24)19-22/h2-4,7-8,10-13,19-21,39H,5-6,9,14-18H2,1H3,(H,34,40)(H,35,41)(H,36,37). The maximum atomic E-state index is 13.7. The Balaban J connectivity index is 1.38. The molecule has 0 unspecified atom stereocenters. The number of benzene rings is 3. The van der Waals surface area contributed by atoms with Gasteiger partial charge >= 0.3 is 0 Å². The van der Waals surface area contributed by atoms with E-state index in [4.69, 9.17) is 4.74 Å². The van der Waals surface area contributed by atoms with Crippen LogP contribution in [0.5, 0.6) is 11.5 Å². The highest BCUT2D eigenvalue weighted by Crippen LogP contribution is 2.33. The lowest BCUT2D eigenvalue weighted by atomic mass is 9.98. The minimum absolute atomic E-state index is 0.0904. The molecule has 0 spiro atoms. The number of carbonyl (C=O) groups excluding carboxylic acids is 3. The number of rotatable bonds is 3. The Bertz CT molecular complexity index is 1600. The molecule has 2 heterocycles. The van der Waals surface area contributed by atoms with Gasteiger partial charge < -0.3 is 30.4 Å². The number of amides is 3. The van der Waals surface area contributed by atoms with Gasteiger partial charge in [-0.15, -0.1) is 0 Å².